The second-order valence-corrected chi connectivity index (χ2v) is 8.42. The standard InChI is InChI=1S/C20H19N3OS2/c1-2-23-11-13(9-14-5-3-7-25-14)19-16(12-23)18(17-6-4-8-26-17)15(10-21)20(22)24-19/h3-8,11,18H,2,9,12,22H2,1H3/p+1. The highest BCUT2D eigenvalue weighted by atomic mass is 32.1. The summed E-state index contributed by atoms with van der Waals surface area (Å²) < 4.78 is 6.02. The number of nitrogens with zero attached hydrogens (tertiary/aromatic N) is 1. The van der Waals surface area contributed by atoms with Crippen molar-refractivity contribution >= 4 is 22.7 Å². The van der Waals surface area contributed by atoms with Crippen molar-refractivity contribution in [3.8, 4) is 6.07 Å². The van der Waals surface area contributed by atoms with Gasteiger partial charge >= 0.3 is 0 Å². The number of quaternary nitrogens is 1. The Bertz CT molecular complexity index is 930. The van der Waals surface area contributed by atoms with E-state index in [-0.39, 0.29) is 11.8 Å². The number of likely N-dealkylation sites (N-methyl/N-ethyl adjacent to an activating group) is 1. The van der Waals surface area contributed by atoms with Gasteiger partial charge in [0.2, 0.25) is 5.88 Å². The van der Waals surface area contributed by atoms with Crippen molar-refractivity contribution in [1.82, 2.24) is 0 Å². The molecule has 0 spiro atoms. The minimum absolute atomic E-state index is 0.0997. The van der Waals surface area contributed by atoms with E-state index in [1.165, 1.54) is 15.4 Å². The first kappa shape index (κ1) is 17.1. The predicted octanol–water partition coefficient (Wildman–Crippen LogP) is 2.92. The normalized spacial score (nSPS) is 22.5. The molecular weight excluding hydrogens is 362 g/mol. The highest BCUT2D eigenvalue weighted by Gasteiger charge is 2.38. The Morgan fingerprint density at radius 1 is 1.31 bits per heavy atom. The van der Waals surface area contributed by atoms with E-state index in [9.17, 15) is 5.26 Å². The van der Waals surface area contributed by atoms with E-state index in [2.05, 4.69) is 42.8 Å². The van der Waals surface area contributed by atoms with Gasteiger partial charge in [-0.25, -0.2) is 0 Å². The average molecular weight is 383 g/mol. The Hall–Kier alpha value is -2.33. The number of thiophene rings is 2. The summed E-state index contributed by atoms with van der Waals surface area (Å²) in [6.45, 7) is 4.00. The van der Waals surface area contributed by atoms with Crippen LogP contribution in [0.4, 0.5) is 0 Å². The molecule has 132 valence electrons. The first-order chi connectivity index (χ1) is 12.7. The topological polar surface area (TPSA) is 63.5 Å². The van der Waals surface area contributed by atoms with E-state index in [0.29, 0.717) is 5.57 Å². The first-order valence-corrected chi connectivity index (χ1v) is 10.4. The second kappa shape index (κ2) is 7.12. The molecule has 2 aliphatic rings. The molecule has 0 fully saturated rings. The number of nitriles is 1. The molecule has 0 aliphatic carbocycles. The summed E-state index contributed by atoms with van der Waals surface area (Å²) in [5.74, 6) is 1.00. The van der Waals surface area contributed by atoms with Gasteiger partial charge in [-0.05, 0) is 29.8 Å². The number of nitrogens with two attached hydrogens (primary N) is 1. The monoisotopic (exact) mass is 382 g/mol. The molecule has 2 aromatic rings. The first-order valence-electron chi connectivity index (χ1n) is 8.63. The predicted molar refractivity (Wildman–Crippen MR) is 104 cm³/mol. The molecule has 3 N–H and O–H groups in total. The van der Waals surface area contributed by atoms with Gasteiger partial charge in [0.05, 0.1) is 18.0 Å². The van der Waals surface area contributed by atoms with E-state index in [1.807, 2.05) is 11.4 Å². The molecule has 0 saturated carbocycles. The SMILES string of the molecule is CC[NH+]1C=C(Cc2cccs2)C2=C(C1)C(c1cccs1)C(C#N)=C(N)O2. The number of nitrogens with one attached hydrogen (secondary N) is 1. The zero-order chi connectivity index (χ0) is 18.1. The van der Waals surface area contributed by atoms with Crippen LogP contribution in [0.2, 0.25) is 0 Å². The second-order valence-electron chi connectivity index (χ2n) is 6.41. The summed E-state index contributed by atoms with van der Waals surface area (Å²) in [5.41, 5.74) is 9.03. The number of hydrogen-bond acceptors (Lipinski definition) is 5. The van der Waals surface area contributed by atoms with Crippen molar-refractivity contribution in [2.75, 3.05) is 13.1 Å². The Balaban J connectivity index is 1.81. The fourth-order valence-corrected chi connectivity index (χ4v) is 5.18. The molecule has 0 radical (unpaired) electrons. The van der Waals surface area contributed by atoms with Crippen LogP contribution in [-0.4, -0.2) is 13.1 Å². The van der Waals surface area contributed by atoms with Gasteiger partial charge in [0.1, 0.15) is 30.1 Å². The van der Waals surface area contributed by atoms with E-state index >= 15 is 0 Å². The quantitative estimate of drug-likeness (QED) is 0.855. The van der Waals surface area contributed by atoms with Crippen molar-refractivity contribution in [3.63, 3.8) is 0 Å². The molecular formula is C20H20N3OS2+. The molecule has 0 aromatic carbocycles. The van der Waals surface area contributed by atoms with E-state index < -0.39 is 0 Å². The van der Waals surface area contributed by atoms with Crippen LogP contribution in [0.1, 0.15) is 22.6 Å². The largest absolute Gasteiger partial charge is 0.440 e. The maximum Gasteiger partial charge on any atom is 0.205 e. The summed E-state index contributed by atoms with van der Waals surface area (Å²) >= 11 is 3.41. The third kappa shape index (κ3) is 2.99. The van der Waals surface area contributed by atoms with Gasteiger partial charge in [-0.1, -0.05) is 12.1 Å². The molecule has 4 nitrogen and oxygen atoms in total. The Labute approximate surface area is 161 Å². The highest BCUT2D eigenvalue weighted by molar-refractivity contribution is 7.10. The molecule has 2 aliphatic heterocycles. The third-order valence-corrected chi connectivity index (χ3v) is 6.65. The highest BCUT2D eigenvalue weighted by Crippen LogP contribution is 2.43. The van der Waals surface area contributed by atoms with Gasteiger partial charge in [0, 0.05) is 21.7 Å². The molecule has 4 rings (SSSR count). The number of ether oxygens (including phenoxy) is 1. The molecule has 0 amide bonds. The zero-order valence-corrected chi connectivity index (χ0v) is 16.1. The molecule has 6 heteroatoms. The van der Waals surface area contributed by atoms with Crippen LogP contribution < -0.4 is 10.6 Å². The Kier molecular flexibility index (Phi) is 4.68. The van der Waals surface area contributed by atoms with Gasteiger partial charge in [0.15, 0.2) is 0 Å². The van der Waals surface area contributed by atoms with Gasteiger partial charge < -0.3 is 15.4 Å². The van der Waals surface area contributed by atoms with E-state index in [4.69, 9.17) is 10.5 Å². The minimum Gasteiger partial charge on any atom is -0.440 e. The fraction of sp³-hybridized carbons (Fsp3) is 0.250. The van der Waals surface area contributed by atoms with Gasteiger partial charge in [-0.15, -0.1) is 22.7 Å². The lowest BCUT2D eigenvalue weighted by Crippen LogP contribution is -3.08. The Morgan fingerprint density at radius 3 is 2.77 bits per heavy atom. The van der Waals surface area contributed by atoms with Gasteiger partial charge in [0.25, 0.3) is 0 Å². The molecule has 0 bridgehead atoms. The summed E-state index contributed by atoms with van der Waals surface area (Å²) in [7, 11) is 0. The lowest BCUT2D eigenvalue weighted by Gasteiger charge is -2.33. The minimum atomic E-state index is -0.0997. The third-order valence-electron chi connectivity index (χ3n) is 4.84. The van der Waals surface area contributed by atoms with Gasteiger partial charge in [-0.2, -0.15) is 5.26 Å². The van der Waals surface area contributed by atoms with Crippen molar-refractivity contribution in [1.29, 1.82) is 5.26 Å². The van der Waals surface area contributed by atoms with Crippen LogP contribution in [0.15, 0.2) is 69.6 Å². The molecule has 4 heterocycles. The summed E-state index contributed by atoms with van der Waals surface area (Å²) in [5, 5.41) is 13.9. The van der Waals surface area contributed by atoms with Gasteiger partial charge in [-0.3, -0.25) is 0 Å². The number of hydrogen-bond donors (Lipinski definition) is 2. The van der Waals surface area contributed by atoms with E-state index in [0.717, 1.165) is 35.7 Å². The lowest BCUT2D eigenvalue weighted by atomic mass is 9.84. The molecule has 2 unspecified atom stereocenters. The number of allylic oxidation sites excluding steroid dienone is 2. The molecule has 26 heavy (non-hydrogen) atoms. The maximum absolute atomic E-state index is 9.71. The van der Waals surface area contributed by atoms with Crippen LogP contribution >= 0.6 is 22.7 Å². The molecule has 2 aromatic heterocycles. The molecule has 0 saturated heterocycles. The van der Waals surface area contributed by atoms with Crippen LogP contribution in [0.5, 0.6) is 0 Å². The smallest absolute Gasteiger partial charge is 0.205 e. The van der Waals surface area contributed by atoms with Crippen LogP contribution in [0.25, 0.3) is 0 Å². The summed E-state index contributed by atoms with van der Waals surface area (Å²) in [6, 6.07) is 10.6. The molecule has 2 atom stereocenters. The summed E-state index contributed by atoms with van der Waals surface area (Å²) in [6.07, 6.45) is 3.08. The average Bonchev–Trinajstić information content (AvgIpc) is 3.34. The fourth-order valence-electron chi connectivity index (χ4n) is 3.59. The summed E-state index contributed by atoms with van der Waals surface area (Å²) in [4.78, 5) is 3.82. The van der Waals surface area contributed by atoms with Crippen molar-refractivity contribution in [3.05, 3.63) is 79.3 Å². The zero-order valence-electron chi connectivity index (χ0n) is 14.5. The van der Waals surface area contributed by atoms with Crippen molar-refractivity contribution in [2.24, 2.45) is 5.73 Å². The van der Waals surface area contributed by atoms with Crippen molar-refractivity contribution in [2.45, 2.75) is 19.3 Å². The van der Waals surface area contributed by atoms with Crippen LogP contribution in [-0.2, 0) is 11.2 Å². The van der Waals surface area contributed by atoms with Crippen molar-refractivity contribution < 1.29 is 9.64 Å². The van der Waals surface area contributed by atoms with Crippen LogP contribution in [0, 0.1) is 11.3 Å². The van der Waals surface area contributed by atoms with Crippen LogP contribution in [0.3, 0.4) is 0 Å². The maximum atomic E-state index is 9.71. The Morgan fingerprint density at radius 2 is 2.12 bits per heavy atom. The van der Waals surface area contributed by atoms with E-state index in [1.54, 1.807) is 22.7 Å². The number of rotatable bonds is 4. The lowest BCUT2D eigenvalue weighted by molar-refractivity contribution is -0.841.